The van der Waals surface area contributed by atoms with Crippen molar-refractivity contribution in [3.8, 4) is 0 Å². The predicted molar refractivity (Wildman–Crippen MR) is 94.6 cm³/mol. The summed E-state index contributed by atoms with van der Waals surface area (Å²) in [5.74, 6) is -1.52. The van der Waals surface area contributed by atoms with Crippen molar-refractivity contribution >= 4 is 17.5 Å². The first-order valence-electron chi connectivity index (χ1n) is 8.12. The maximum absolute atomic E-state index is 11.7. The van der Waals surface area contributed by atoms with Crippen LogP contribution in [0.1, 0.15) is 17.5 Å². The molecule has 0 unspecified atom stereocenters. The molecule has 0 aliphatic rings. The number of carbonyl (C=O) groups is 2. The topological polar surface area (TPSA) is 103 Å². The summed E-state index contributed by atoms with van der Waals surface area (Å²) in [5, 5.41) is 11.1. The van der Waals surface area contributed by atoms with Gasteiger partial charge in [-0.3, -0.25) is 25.4 Å². The number of hydrazine groups is 1. The van der Waals surface area contributed by atoms with Crippen molar-refractivity contribution in [1.82, 2.24) is 15.7 Å². The van der Waals surface area contributed by atoms with Crippen molar-refractivity contribution in [1.29, 1.82) is 0 Å². The van der Waals surface area contributed by atoms with E-state index in [2.05, 4.69) is 21.2 Å². The molecule has 25 heavy (non-hydrogen) atoms. The Balaban J connectivity index is 1.87. The average molecular weight is 342 g/mol. The molecule has 0 spiro atoms. The Morgan fingerprint density at radius 1 is 1.00 bits per heavy atom. The van der Waals surface area contributed by atoms with E-state index in [-0.39, 0.29) is 13.2 Å². The van der Waals surface area contributed by atoms with Gasteiger partial charge in [0.05, 0.1) is 5.69 Å². The third-order valence-corrected chi connectivity index (χ3v) is 3.59. The van der Waals surface area contributed by atoms with Crippen molar-refractivity contribution < 1.29 is 14.7 Å². The number of carbonyl (C=O) groups excluding carboxylic acids is 2. The van der Waals surface area contributed by atoms with Crippen molar-refractivity contribution in [3.63, 3.8) is 0 Å². The zero-order chi connectivity index (χ0) is 17.9. The summed E-state index contributed by atoms with van der Waals surface area (Å²) in [4.78, 5) is 27.3. The van der Waals surface area contributed by atoms with Gasteiger partial charge in [0.25, 0.3) is 0 Å². The van der Waals surface area contributed by atoms with Gasteiger partial charge in [0.15, 0.2) is 0 Å². The fourth-order valence-corrected chi connectivity index (χ4v) is 2.23. The second-order valence-corrected chi connectivity index (χ2v) is 5.42. The Labute approximate surface area is 146 Å². The molecule has 2 aromatic rings. The number of nitrogens with zero attached hydrogens (tertiary/aromatic N) is 1. The van der Waals surface area contributed by atoms with E-state index in [0.717, 1.165) is 24.1 Å². The second kappa shape index (κ2) is 10.0. The molecule has 1 aromatic heterocycles. The molecule has 0 bridgehead atoms. The molecule has 0 fully saturated rings. The molecule has 2 rings (SSSR count). The number of aliphatic hydroxyl groups is 1. The lowest BCUT2D eigenvalue weighted by molar-refractivity contribution is -0.138. The van der Waals surface area contributed by atoms with Crippen LogP contribution in [0.15, 0.2) is 48.8 Å². The summed E-state index contributed by atoms with van der Waals surface area (Å²) in [6, 6.07) is 11.5. The van der Waals surface area contributed by atoms with Gasteiger partial charge in [0.2, 0.25) is 0 Å². The average Bonchev–Trinajstić information content (AvgIpc) is 2.66. The minimum atomic E-state index is -0.776. The molecule has 2 amide bonds. The van der Waals surface area contributed by atoms with Crippen LogP contribution < -0.4 is 16.2 Å². The molecule has 0 aliphatic heterocycles. The number of aliphatic hydroxyl groups excluding tert-OH is 1. The molecule has 7 heteroatoms. The van der Waals surface area contributed by atoms with E-state index in [1.54, 1.807) is 12.4 Å². The number of hydrogen-bond acceptors (Lipinski definition) is 5. The number of amides is 2. The molecule has 1 heterocycles. The highest BCUT2D eigenvalue weighted by Gasteiger charge is 2.12. The molecule has 0 saturated carbocycles. The fourth-order valence-electron chi connectivity index (χ4n) is 2.23. The Morgan fingerprint density at radius 3 is 2.52 bits per heavy atom. The van der Waals surface area contributed by atoms with Gasteiger partial charge in [-0.1, -0.05) is 18.2 Å². The van der Waals surface area contributed by atoms with Crippen LogP contribution in [0.25, 0.3) is 0 Å². The van der Waals surface area contributed by atoms with Crippen LogP contribution in [0.4, 0.5) is 5.69 Å². The fraction of sp³-hybridized carbons (Fsp3) is 0.278. The van der Waals surface area contributed by atoms with Crippen LogP contribution in [-0.4, -0.2) is 35.1 Å². The number of pyridine rings is 1. The molecule has 0 radical (unpaired) electrons. The van der Waals surface area contributed by atoms with Crippen molar-refractivity contribution in [2.45, 2.75) is 19.3 Å². The maximum Gasteiger partial charge on any atom is 0.327 e. The number of rotatable bonds is 8. The van der Waals surface area contributed by atoms with Gasteiger partial charge < -0.3 is 10.4 Å². The van der Waals surface area contributed by atoms with E-state index < -0.39 is 11.8 Å². The Hall–Kier alpha value is -2.93. The largest absolute Gasteiger partial charge is 0.396 e. The number of hydrogen-bond donors (Lipinski definition) is 4. The number of para-hydroxylation sites is 1. The van der Waals surface area contributed by atoms with E-state index in [9.17, 15) is 9.59 Å². The van der Waals surface area contributed by atoms with E-state index in [1.165, 1.54) is 5.56 Å². The van der Waals surface area contributed by atoms with Gasteiger partial charge in [0.1, 0.15) is 0 Å². The molecule has 0 aliphatic carbocycles. The zero-order valence-corrected chi connectivity index (χ0v) is 13.9. The first-order chi connectivity index (χ1) is 12.2. The van der Waals surface area contributed by atoms with Crippen LogP contribution >= 0.6 is 0 Å². The van der Waals surface area contributed by atoms with Crippen molar-refractivity contribution in [3.05, 3.63) is 59.9 Å². The smallest absolute Gasteiger partial charge is 0.327 e. The molecule has 4 N–H and O–H groups in total. The molecule has 0 atom stereocenters. The Kier molecular flexibility index (Phi) is 7.40. The second-order valence-electron chi connectivity index (χ2n) is 5.42. The predicted octanol–water partition coefficient (Wildman–Crippen LogP) is 0.808. The number of nitrogens with one attached hydrogen (secondary N) is 3. The van der Waals surface area contributed by atoms with Crippen LogP contribution in [0.5, 0.6) is 0 Å². The summed E-state index contributed by atoms with van der Waals surface area (Å²) in [5.41, 5.74) is 8.14. The zero-order valence-electron chi connectivity index (χ0n) is 13.9. The summed E-state index contributed by atoms with van der Waals surface area (Å²) < 4.78 is 0. The van der Waals surface area contributed by atoms with E-state index in [0.29, 0.717) is 6.42 Å². The minimum Gasteiger partial charge on any atom is -0.396 e. The SMILES string of the molecule is O=C(NCCCO)C(=O)NNc1ccccc1CCc1ccncc1. The highest BCUT2D eigenvalue weighted by molar-refractivity contribution is 6.35. The normalized spacial score (nSPS) is 10.1. The van der Waals surface area contributed by atoms with Crippen LogP contribution in [0.3, 0.4) is 0 Å². The van der Waals surface area contributed by atoms with Gasteiger partial charge in [-0.15, -0.1) is 0 Å². The maximum atomic E-state index is 11.7. The number of aromatic nitrogens is 1. The molecule has 1 aromatic carbocycles. The number of aryl methyl sites for hydroxylation is 2. The Bertz CT molecular complexity index is 692. The van der Waals surface area contributed by atoms with Gasteiger partial charge in [-0.2, -0.15) is 0 Å². The van der Waals surface area contributed by atoms with E-state index >= 15 is 0 Å². The highest BCUT2D eigenvalue weighted by atomic mass is 16.3. The number of benzene rings is 1. The quantitative estimate of drug-likeness (QED) is 0.323. The summed E-state index contributed by atoms with van der Waals surface area (Å²) in [7, 11) is 0. The third kappa shape index (κ3) is 6.23. The first-order valence-corrected chi connectivity index (χ1v) is 8.12. The van der Waals surface area contributed by atoms with Crippen LogP contribution in [-0.2, 0) is 22.4 Å². The highest BCUT2D eigenvalue weighted by Crippen LogP contribution is 2.16. The van der Waals surface area contributed by atoms with Crippen LogP contribution in [0.2, 0.25) is 0 Å². The van der Waals surface area contributed by atoms with E-state index in [1.807, 2.05) is 36.4 Å². The van der Waals surface area contributed by atoms with Gasteiger partial charge in [0, 0.05) is 25.5 Å². The number of anilines is 1. The molecular weight excluding hydrogens is 320 g/mol. The lowest BCUT2D eigenvalue weighted by Crippen LogP contribution is -2.42. The molecular formula is C18H22N4O3. The van der Waals surface area contributed by atoms with E-state index in [4.69, 9.17) is 5.11 Å². The third-order valence-electron chi connectivity index (χ3n) is 3.59. The van der Waals surface area contributed by atoms with Crippen molar-refractivity contribution in [2.24, 2.45) is 0 Å². The minimum absolute atomic E-state index is 0.0367. The monoisotopic (exact) mass is 342 g/mol. The summed E-state index contributed by atoms with van der Waals surface area (Å²) in [6.45, 7) is 0.219. The standard InChI is InChI=1S/C18H22N4O3/c23-13-3-10-20-17(24)18(25)22-21-16-5-2-1-4-15(16)7-6-14-8-11-19-12-9-14/h1-2,4-5,8-9,11-12,21,23H,3,6-7,10,13H2,(H,20,24)(H,22,25). The van der Waals surface area contributed by atoms with Gasteiger partial charge in [-0.25, -0.2) is 0 Å². The van der Waals surface area contributed by atoms with Crippen LogP contribution in [0, 0.1) is 0 Å². The molecule has 0 saturated heterocycles. The Morgan fingerprint density at radius 2 is 1.76 bits per heavy atom. The lowest BCUT2D eigenvalue weighted by Gasteiger charge is -2.13. The van der Waals surface area contributed by atoms with Gasteiger partial charge >= 0.3 is 11.8 Å². The molecule has 7 nitrogen and oxygen atoms in total. The molecule has 132 valence electrons. The van der Waals surface area contributed by atoms with Crippen molar-refractivity contribution in [2.75, 3.05) is 18.6 Å². The van der Waals surface area contributed by atoms with Gasteiger partial charge in [-0.05, 0) is 48.6 Å². The lowest BCUT2D eigenvalue weighted by atomic mass is 10.0. The summed E-state index contributed by atoms with van der Waals surface area (Å²) >= 11 is 0. The summed E-state index contributed by atoms with van der Waals surface area (Å²) in [6.07, 6.45) is 5.55. The first kappa shape index (κ1) is 18.4.